The first kappa shape index (κ1) is 16.0. The van der Waals surface area contributed by atoms with Crippen LogP contribution >= 0.6 is 0 Å². The van der Waals surface area contributed by atoms with Crippen LogP contribution in [0.2, 0.25) is 0 Å². The molecule has 0 radical (unpaired) electrons. The van der Waals surface area contributed by atoms with Crippen LogP contribution in [0.4, 0.5) is 0 Å². The Balaban J connectivity index is 2.92. The highest BCUT2D eigenvalue weighted by Crippen LogP contribution is 2.31. The second-order valence-electron chi connectivity index (χ2n) is 5.84. The van der Waals surface area contributed by atoms with Crippen LogP contribution in [-0.2, 0) is 9.59 Å². The quantitative estimate of drug-likeness (QED) is 0.680. The molecule has 0 saturated heterocycles. The third-order valence-electron chi connectivity index (χ3n) is 2.44. The van der Waals surface area contributed by atoms with Gasteiger partial charge in [-0.3, -0.25) is 9.59 Å². The molecule has 0 spiro atoms. The Morgan fingerprint density at radius 3 is 2.25 bits per heavy atom. The summed E-state index contributed by atoms with van der Waals surface area (Å²) in [5, 5.41) is 9.64. The van der Waals surface area contributed by atoms with Gasteiger partial charge in [-0.2, -0.15) is 0 Å². The fourth-order valence-corrected chi connectivity index (χ4v) is 1.13. The van der Waals surface area contributed by atoms with E-state index >= 15 is 0 Å². The van der Waals surface area contributed by atoms with Crippen molar-refractivity contribution in [1.29, 1.82) is 0 Å². The van der Waals surface area contributed by atoms with Gasteiger partial charge < -0.3 is 14.6 Å². The minimum Gasteiger partial charge on any atom is -0.504 e. The van der Waals surface area contributed by atoms with E-state index in [9.17, 15) is 14.7 Å². The number of carbonyl (C=O) groups is 2. The first-order chi connectivity index (χ1) is 9.11. The predicted molar refractivity (Wildman–Crippen MR) is 73.7 cm³/mol. The first-order valence-electron chi connectivity index (χ1n) is 6.38. The van der Waals surface area contributed by atoms with E-state index in [4.69, 9.17) is 9.47 Å². The van der Waals surface area contributed by atoms with E-state index in [-0.39, 0.29) is 23.2 Å². The zero-order chi connectivity index (χ0) is 15.5. The molecule has 0 amide bonds. The lowest BCUT2D eigenvalue weighted by atomic mass is 9.97. The standard InChI is InChI=1S/C15H20O5/c1-9(2)13(17)20-12-8-10(6-7-11(12)16)19-14(18)15(3,4)5/h6-9,16H,1-5H3. The Bertz CT molecular complexity index is 511. The maximum absolute atomic E-state index is 11.8. The van der Waals surface area contributed by atoms with Crippen molar-refractivity contribution in [2.45, 2.75) is 34.6 Å². The SMILES string of the molecule is CC(C)C(=O)Oc1cc(OC(=O)C(C)(C)C)ccc1O. The molecule has 0 bridgehead atoms. The topological polar surface area (TPSA) is 72.8 Å². The minimum atomic E-state index is -0.646. The number of hydrogen-bond donors (Lipinski definition) is 1. The van der Waals surface area contributed by atoms with E-state index in [1.807, 2.05) is 0 Å². The molecule has 0 aromatic heterocycles. The predicted octanol–water partition coefficient (Wildman–Crippen LogP) is 2.91. The van der Waals surface area contributed by atoms with Crippen LogP contribution in [0.3, 0.4) is 0 Å². The van der Waals surface area contributed by atoms with Gasteiger partial charge in [-0.1, -0.05) is 13.8 Å². The van der Waals surface area contributed by atoms with E-state index in [0.29, 0.717) is 0 Å². The molecule has 1 rings (SSSR count). The van der Waals surface area contributed by atoms with Gasteiger partial charge in [0, 0.05) is 6.07 Å². The lowest BCUT2D eigenvalue weighted by Gasteiger charge is -2.17. The molecule has 0 aliphatic rings. The van der Waals surface area contributed by atoms with Gasteiger partial charge in [0.1, 0.15) is 5.75 Å². The van der Waals surface area contributed by atoms with Crippen LogP contribution in [0.25, 0.3) is 0 Å². The minimum absolute atomic E-state index is 0.0251. The van der Waals surface area contributed by atoms with Crippen LogP contribution in [0.15, 0.2) is 18.2 Å². The van der Waals surface area contributed by atoms with Crippen molar-refractivity contribution < 1.29 is 24.2 Å². The Morgan fingerprint density at radius 2 is 1.75 bits per heavy atom. The van der Waals surface area contributed by atoms with E-state index in [1.165, 1.54) is 18.2 Å². The molecule has 5 heteroatoms. The number of ether oxygens (including phenoxy) is 2. The Labute approximate surface area is 118 Å². The van der Waals surface area contributed by atoms with Crippen molar-refractivity contribution in [3.8, 4) is 17.2 Å². The largest absolute Gasteiger partial charge is 0.504 e. The summed E-state index contributed by atoms with van der Waals surface area (Å²) in [6.45, 7) is 8.56. The van der Waals surface area contributed by atoms with Crippen LogP contribution in [0.1, 0.15) is 34.6 Å². The van der Waals surface area contributed by atoms with Gasteiger partial charge >= 0.3 is 11.9 Å². The summed E-state index contributed by atoms with van der Waals surface area (Å²) in [6.07, 6.45) is 0. The highest BCUT2D eigenvalue weighted by atomic mass is 16.6. The van der Waals surface area contributed by atoms with Gasteiger partial charge in [-0.15, -0.1) is 0 Å². The maximum atomic E-state index is 11.8. The number of phenols is 1. The molecular weight excluding hydrogens is 260 g/mol. The van der Waals surface area contributed by atoms with E-state index in [2.05, 4.69) is 0 Å². The molecule has 5 nitrogen and oxygen atoms in total. The molecule has 20 heavy (non-hydrogen) atoms. The summed E-state index contributed by atoms with van der Waals surface area (Å²) in [4.78, 5) is 23.3. The average molecular weight is 280 g/mol. The van der Waals surface area contributed by atoms with Crippen molar-refractivity contribution in [2.24, 2.45) is 11.3 Å². The monoisotopic (exact) mass is 280 g/mol. The summed E-state index contributed by atoms with van der Waals surface area (Å²) in [5.41, 5.74) is -0.646. The third kappa shape index (κ3) is 4.26. The summed E-state index contributed by atoms with van der Waals surface area (Å²) in [5.74, 6) is -1.20. The molecule has 1 N–H and O–H groups in total. The Kier molecular flexibility index (Phi) is 4.76. The van der Waals surface area contributed by atoms with Gasteiger partial charge in [0.15, 0.2) is 11.5 Å². The summed E-state index contributed by atoms with van der Waals surface area (Å²) in [7, 11) is 0. The van der Waals surface area contributed by atoms with E-state index in [0.717, 1.165) is 0 Å². The Hall–Kier alpha value is -2.04. The van der Waals surface area contributed by atoms with Gasteiger partial charge in [0.25, 0.3) is 0 Å². The van der Waals surface area contributed by atoms with Crippen molar-refractivity contribution in [3.05, 3.63) is 18.2 Å². The molecule has 0 unspecified atom stereocenters. The molecule has 0 heterocycles. The van der Waals surface area contributed by atoms with Gasteiger partial charge in [0.05, 0.1) is 11.3 Å². The normalized spacial score (nSPS) is 11.3. The molecular formula is C15H20O5. The van der Waals surface area contributed by atoms with Crippen molar-refractivity contribution in [3.63, 3.8) is 0 Å². The third-order valence-corrected chi connectivity index (χ3v) is 2.44. The van der Waals surface area contributed by atoms with E-state index in [1.54, 1.807) is 34.6 Å². The molecule has 1 aromatic carbocycles. The number of hydrogen-bond acceptors (Lipinski definition) is 5. The number of esters is 2. The molecule has 110 valence electrons. The van der Waals surface area contributed by atoms with Crippen LogP contribution in [-0.4, -0.2) is 17.0 Å². The van der Waals surface area contributed by atoms with Crippen LogP contribution < -0.4 is 9.47 Å². The molecule has 0 atom stereocenters. The summed E-state index contributed by atoms with van der Waals surface area (Å²) in [6, 6.07) is 4.07. The number of carbonyl (C=O) groups excluding carboxylic acids is 2. The molecule has 0 saturated carbocycles. The second-order valence-corrected chi connectivity index (χ2v) is 5.84. The molecule has 0 aliphatic heterocycles. The van der Waals surface area contributed by atoms with Crippen LogP contribution in [0.5, 0.6) is 17.2 Å². The maximum Gasteiger partial charge on any atom is 0.316 e. The second kappa shape index (κ2) is 5.94. The fourth-order valence-electron chi connectivity index (χ4n) is 1.13. The zero-order valence-corrected chi connectivity index (χ0v) is 12.4. The smallest absolute Gasteiger partial charge is 0.316 e. The molecule has 0 aliphatic carbocycles. The number of aromatic hydroxyl groups is 1. The summed E-state index contributed by atoms with van der Waals surface area (Å²) < 4.78 is 10.2. The highest BCUT2D eigenvalue weighted by molar-refractivity contribution is 5.78. The van der Waals surface area contributed by atoms with Crippen molar-refractivity contribution in [2.75, 3.05) is 0 Å². The van der Waals surface area contributed by atoms with E-state index < -0.39 is 17.4 Å². The summed E-state index contributed by atoms with van der Waals surface area (Å²) >= 11 is 0. The molecule has 1 aromatic rings. The first-order valence-corrected chi connectivity index (χ1v) is 6.38. The molecule has 0 fully saturated rings. The van der Waals surface area contributed by atoms with Gasteiger partial charge in [-0.25, -0.2) is 0 Å². The van der Waals surface area contributed by atoms with Crippen molar-refractivity contribution in [1.82, 2.24) is 0 Å². The lowest BCUT2D eigenvalue weighted by Crippen LogP contribution is -2.25. The number of rotatable bonds is 3. The zero-order valence-electron chi connectivity index (χ0n) is 12.4. The van der Waals surface area contributed by atoms with Gasteiger partial charge in [-0.05, 0) is 32.9 Å². The lowest BCUT2D eigenvalue weighted by molar-refractivity contribution is -0.143. The number of benzene rings is 1. The highest BCUT2D eigenvalue weighted by Gasteiger charge is 2.24. The number of phenolic OH excluding ortho intramolecular Hbond substituents is 1. The fraction of sp³-hybridized carbons (Fsp3) is 0.467. The Morgan fingerprint density at radius 1 is 1.15 bits per heavy atom. The van der Waals surface area contributed by atoms with Crippen molar-refractivity contribution >= 4 is 11.9 Å². The average Bonchev–Trinajstić information content (AvgIpc) is 2.31. The van der Waals surface area contributed by atoms with Crippen LogP contribution in [0, 0.1) is 11.3 Å². The van der Waals surface area contributed by atoms with Gasteiger partial charge in [0.2, 0.25) is 0 Å².